The molecule has 0 spiro atoms. The number of esters is 3. The molecule has 1 atom stereocenters. The highest BCUT2D eigenvalue weighted by molar-refractivity contribution is 5.71. The van der Waals surface area contributed by atoms with E-state index in [4.69, 9.17) is 14.2 Å². The fourth-order valence-corrected chi connectivity index (χ4v) is 6.05. The van der Waals surface area contributed by atoms with Crippen molar-refractivity contribution in [3.63, 3.8) is 0 Å². The third-order valence-electron chi connectivity index (χ3n) is 9.22. The molecule has 0 fully saturated rings. The molecule has 0 aromatic rings. The predicted molar refractivity (Wildman–Crippen MR) is 201 cm³/mol. The van der Waals surface area contributed by atoms with Crippen molar-refractivity contribution in [2.24, 2.45) is 11.8 Å². The molecular formula is C42H80O6. The van der Waals surface area contributed by atoms with Crippen molar-refractivity contribution in [2.45, 2.75) is 227 Å². The van der Waals surface area contributed by atoms with Gasteiger partial charge in [-0.3, -0.25) is 14.4 Å². The molecule has 0 aromatic heterocycles. The number of carbonyl (C=O) groups excluding carboxylic acids is 3. The van der Waals surface area contributed by atoms with E-state index in [0.717, 1.165) is 76.0 Å². The maximum atomic E-state index is 12.6. The van der Waals surface area contributed by atoms with Crippen molar-refractivity contribution in [3.05, 3.63) is 0 Å². The molecule has 0 saturated carbocycles. The Morgan fingerprint density at radius 3 is 1.02 bits per heavy atom. The topological polar surface area (TPSA) is 78.9 Å². The number of rotatable bonds is 36. The Labute approximate surface area is 298 Å². The van der Waals surface area contributed by atoms with Crippen molar-refractivity contribution >= 4 is 17.9 Å². The summed E-state index contributed by atoms with van der Waals surface area (Å²) < 4.78 is 16.5. The van der Waals surface area contributed by atoms with E-state index in [-0.39, 0.29) is 31.1 Å². The lowest BCUT2D eigenvalue weighted by atomic mass is 10.0. The van der Waals surface area contributed by atoms with E-state index in [1.807, 2.05) is 0 Å². The van der Waals surface area contributed by atoms with Crippen LogP contribution in [0.15, 0.2) is 0 Å². The van der Waals surface area contributed by atoms with Gasteiger partial charge < -0.3 is 14.2 Å². The lowest BCUT2D eigenvalue weighted by Crippen LogP contribution is -2.30. The first-order valence-electron chi connectivity index (χ1n) is 20.7. The maximum Gasteiger partial charge on any atom is 0.306 e. The molecule has 0 amide bonds. The first-order valence-corrected chi connectivity index (χ1v) is 20.7. The highest BCUT2D eigenvalue weighted by atomic mass is 16.6. The highest BCUT2D eigenvalue weighted by Gasteiger charge is 2.19. The molecule has 0 aliphatic rings. The minimum Gasteiger partial charge on any atom is -0.462 e. The molecule has 48 heavy (non-hydrogen) atoms. The normalized spacial score (nSPS) is 12.1. The van der Waals surface area contributed by atoms with Gasteiger partial charge in [-0.05, 0) is 31.1 Å². The Bertz CT molecular complexity index is 734. The zero-order valence-electron chi connectivity index (χ0n) is 32.6. The van der Waals surface area contributed by atoms with Gasteiger partial charge in [0.2, 0.25) is 0 Å². The van der Waals surface area contributed by atoms with E-state index in [1.165, 1.54) is 103 Å². The first-order chi connectivity index (χ1) is 23.2. The fourth-order valence-electron chi connectivity index (χ4n) is 6.05. The summed E-state index contributed by atoms with van der Waals surface area (Å²) in [5.74, 6) is 0.721. The molecule has 0 N–H and O–H groups in total. The van der Waals surface area contributed by atoms with Crippen LogP contribution in [-0.4, -0.2) is 37.2 Å². The predicted octanol–water partition coefficient (Wildman–Crippen LogP) is 12.6. The molecule has 6 heteroatoms. The van der Waals surface area contributed by atoms with Crippen LogP contribution in [0.2, 0.25) is 0 Å². The van der Waals surface area contributed by atoms with Crippen molar-refractivity contribution in [1.82, 2.24) is 0 Å². The Morgan fingerprint density at radius 1 is 0.396 bits per heavy atom. The van der Waals surface area contributed by atoms with Crippen LogP contribution in [0.1, 0.15) is 221 Å². The fraction of sp³-hybridized carbons (Fsp3) is 0.929. The molecule has 0 aliphatic carbocycles. The molecule has 0 unspecified atom stereocenters. The zero-order chi connectivity index (χ0) is 35.5. The molecule has 0 aromatic carbocycles. The standard InChI is InChI=1S/C42H80O6/c1-6-7-8-20-27-32-40(43)46-35-39(36-47-41(44)33-28-23-19-18-22-26-31-38(4)5)48-42(45)34-29-24-17-15-13-11-9-10-12-14-16-21-25-30-37(2)3/h37-39H,6-36H2,1-5H3/t39-/m0/s1. The number of unbranched alkanes of at least 4 members (excludes halogenated alkanes) is 21. The Balaban J connectivity index is 4.20. The van der Waals surface area contributed by atoms with Gasteiger partial charge in [0.15, 0.2) is 6.10 Å². The molecule has 0 rings (SSSR count). The van der Waals surface area contributed by atoms with Crippen molar-refractivity contribution in [2.75, 3.05) is 13.2 Å². The van der Waals surface area contributed by atoms with Gasteiger partial charge in [-0.1, -0.05) is 182 Å². The van der Waals surface area contributed by atoms with Crippen LogP contribution in [0.25, 0.3) is 0 Å². The lowest BCUT2D eigenvalue weighted by molar-refractivity contribution is -0.167. The first kappa shape index (κ1) is 46.4. The zero-order valence-corrected chi connectivity index (χ0v) is 32.6. The third-order valence-corrected chi connectivity index (χ3v) is 9.22. The van der Waals surface area contributed by atoms with Crippen molar-refractivity contribution in [3.8, 4) is 0 Å². The SMILES string of the molecule is CCCCCCCC(=O)OC[C@@H](COC(=O)CCCCCCCCC(C)C)OC(=O)CCCCCCCCCCCCCCCC(C)C. The molecule has 0 saturated heterocycles. The Kier molecular flexibility index (Phi) is 34.1. The second kappa shape index (κ2) is 35.2. The van der Waals surface area contributed by atoms with Crippen LogP contribution in [-0.2, 0) is 28.6 Å². The number of hydrogen-bond acceptors (Lipinski definition) is 6. The van der Waals surface area contributed by atoms with Gasteiger partial charge in [0, 0.05) is 19.3 Å². The van der Waals surface area contributed by atoms with Gasteiger partial charge in [0.1, 0.15) is 13.2 Å². The van der Waals surface area contributed by atoms with E-state index in [1.54, 1.807) is 0 Å². The van der Waals surface area contributed by atoms with Crippen LogP contribution >= 0.6 is 0 Å². The van der Waals surface area contributed by atoms with Crippen LogP contribution in [0, 0.1) is 11.8 Å². The van der Waals surface area contributed by atoms with Crippen molar-refractivity contribution in [1.29, 1.82) is 0 Å². The van der Waals surface area contributed by atoms with Crippen LogP contribution in [0.4, 0.5) is 0 Å². The van der Waals surface area contributed by atoms with Gasteiger partial charge in [-0.15, -0.1) is 0 Å². The molecule has 0 aliphatic heterocycles. The number of hydrogen-bond donors (Lipinski definition) is 0. The summed E-state index contributed by atoms with van der Waals surface area (Å²) in [6, 6.07) is 0. The number of ether oxygens (including phenoxy) is 3. The monoisotopic (exact) mass is 681 g/mol. The van der Waals surface area contributed by atoms with E-state index >= 15 is 0 Å². The van der Waals surface area contributed by atoms with E-state index in [9.17, 15) is 14.4 Å². The summed E-state index contributed by atoms with van der Waals surface area (Å²) in [7, 11) is 0. The average Bonchev–Trinajstić information content (AvgIpc) is 3.04. The number of carbonyl (C=O) groups is 3. The minimum absolute atomic E-state index is 0.0678. The summed E-state index contributed by atoms with van der Waals surface area (Å²) in [5.41, 5.74) is 0. The summed E-state index contributed by atoms with van der Waals surface area (Å²) >= 11 is 0. The molecular weight excluding hydrogens is 600 g/mol. The molecule has 0 bridgehead atoms. The quantitative estimate of drug-likeness (QED) is 0.0372. The smallest absolute Gasteiger partial charge is 0.306 e. The van der Waals surface area contributed by atoms with Gasteiger partial charge in [-0.25, -0.2) is 0 Å². The van der Waals surface area contributed by atoms with E-state index in [2.05, 4.69) is 34.6 Å². The Hall–Kier alpha value is -1.59. The Morgan fingerprint density at radius 2 is 0.688 bits per heavy atom. The lowest BCUT2D eigenvalue weighted by Gasteiger charge is -2.18. The van der Waals surface area contributed by atoms with Crippen LogP contribution in [0.3, 0.4) is 0 Å². The van der Waals surface area contributed by atoms with Crippen LogP contribution in [0.5, 0.6) is 0 Å². The second-order valence-corrected chi connectivity index (χ2v) is 15.2. The van der Waals surface area contributed by atoms with Gasteiger partial charge in [0.05, 0.1) is 0 Å². The van der Waals surface area contributed by atoms with Gasteiger partial charge in [0.25, 0.3) is 0 Å². The minimum atomic E-state index is -0.758. The maximum absolute atomic E-state index is 12.6. The second-order valence-electron chi connectivity index (χ2n) is 15.2. The highest BCUT2D eigenvalue weighted by Crippen LogP contribution is 2.16. The molecule has 284 valence electrons. The summed E-state index contributed by atoms with van der Waals surface area (Å²) in [4.78, 5) is 37.3. The van der Waals surface area contributed by atoms with Crippen LogP contribution < -0.4 is 0 Å². The molecule has 6 nitrogen and oxygen atoms in total. The third kappa shape index (κ3) is 35.7. The summed E-state index contributed by atoms with van der Waals surface area (Å²) in [5, 5.41) is 0. The summed E-state index contributed by atoms with van der Waals surface area (Å²) in [6.07, 6.45) is 31.3. The van der Waals surface area contributed by atoms with Gasteiger partial charge >= 0.3 is 17.9 Å². The van der Waals surface area contributed by atoms with Gasteiger partial charge in [-0.2, -0.15) is 0 Å². The summed E-state index contributed by atoms with van der Waals surface area (Å²) in [6.45, 7) is 11.2. The molecule has 0 radical (unpaired) electrons. The van der Waals surface area contributed by atoms with E-state index < -0.39 is 6.10 Å². The molecule has 0 heterocycles. The van der Waals surface area contributed by atoms with Crippen molar-refractivity contribution < 1.29 is 28.6 Å². The largest absolute Gasteiger partial charge is 0.462 e. The average molecular weight is 681 g/mol. The van der Waals surface area contributed by atoms with E-state index in [0.29, 0.717) is 19.3 Å².